The molecule has 18 heavy (non-hydrogen) atoms. The zero-order chi connectivity index (χ0) is 13.0. The van der Waals surface area contributed by atoms with Crippen molar-refractivity contribution in [3.05, 3.63) is 11.6 Å². The summed E-state index contributed by atoms with van der Waals surface area (Å²) in [5.41, 5.74) is 6.32. The normalized spacial score (nSPS) is 19.1. The zero-order valence-corrected chi connectivity index (χ0v) is 11.8. The highest BCUT2D eigenvalue weighted by Crippen LogP contribution is 2.37. The number of aromatic nitrogens is 3. The fourth-order valence-corrected chi connectivity index (χ4v) is 3.05. The molecule has 1 aromatic heterocycles. The highest BCUT2D eigenvalue weighted by molar-refractivity contribution is 4.99. The van der Waals surface area contributed by atoms with Crippen molar-refractivity contribution in [2.75, 3.05) is 6.54 Å². The Morgan fingerprint density at radius 1 is 1.28 bits per heavy atom. The molecule has 0 amide bonds. The molecule has 102 valence electrons. The van der Waals surface area contributed by atoms with Crippen LogP contribution >= 0.6 is 0 Å². The standard InChI is InChI=1S/C14H26N4/c1-3-7-12-16-13(18(2)17-12)10-14(11-15)8-5-4-6-9-14/h3-11,15H2,1-2H3. The summed E-state index contributed by atoms with van der Waals surface area (Å²) in [6.45, 7) is 2.95. The first-order chi connectivity index (χ1) is 8.69. The quantitative estimate of drug-likeness (QED) is 0.871. The van der Waals surface area contributed by atoms with Crippen LogP contribution in [0.3, 0.4) is 0 Å². The van der Waals surface area contributed by atoms with Crippen molar-refractivity contribution >= 4 is 0 Å². The van der Waals surface area contributed by atoms with E-state index in [9.17, 15) is 0 Å². The third-order valence-corrected chi connectivity index (χ3v) is 4.25. The van der Waals surface area contributed by atoms with Gasteiger partial charge in [0.15, 0.2) is 5.82 Å². The summed E-state index contributed by atoms with van der Waals surface area (Å²) >= 11 is 0. The maximum absolute atomic E-state index is 6.04. The Hall–Kier alpha value is -0.900. The van der Waals surface area contributed by atoms with Crippen molar-refractivity contribution < 1.29 is 0 Å². The number of hydrogen-bond acceptors (Lipinski definition) is 3. The zero-order valence-electron chi connectivity index (χ0n) is 11.8. The summed E-state index contributed by atoms with van der Waals surface area (Å²) in [6, 6.07) is 0. The van der Waals surface area contributed by atoms with Crippen LogP contribution in [0.1, 0.15) is 57.1 Å². The number of rotatable bonds is 5. The van der Waals surface area contributed by atoms with E-state index < -0.39 is 0 Å². The van der Waals surface area contributed by atoms with Gasteiger partial charge < -0.3 is 5.73 Å². The molecule has 0 saturated heterocycles. The molecule has 0 bridgehead atoms. The summed E-state index contributed by atoms with van der Waals surface area (Å²) in [7, 11) is 2.01. The minimum atomic E-state index is 0.280. The lowest BCUT2D eigenvalue weighted by Crippen LogP contribution is -2.35. The molecule has 1 fully saturated rings. The Bertz CT molecular complexity index is 377. The van der Waals surface area contributed by atoms with E-state index in [4.69, 9.17) is 5.73 Å². The van der Waals surface area contributed by atoms with E-state index in [0.717, 1.165) is 37.5 Å². The third kappa shape index (κ3) is 2.91. The topological polar surface area (TPSA) is 56.7 Å². The van der Waals surface area contributed by atoms with Gasteiger partial charge in [-0.3, -0.25) is 4.68 Å². The van der Waals surface area contributed by atoms with Crippen LogP contribution in [0.4, 0.5) is 0 Å². The average Bonchev–Trinajstić information content (AvgIpc) is 2.71. The summed E-state index contributed by atoms with van der Waals surface area (Å²) in [5, 5.41) is 4.50. The number of aryl methyl sites for hydroxylation is 2. The minimum Gasteiger partial charge on any atom is -0.330 e. The second kappa shape index (κ2) is 5.83. The lowest BCUT2D eigenvalue weighted by molar-refractivity contribution is 0.191. The van der Waals surface area contributed by atoms with Crippen molar-refractivity contribution in [1.29, 1.82) is 0 Å². The molecule has 1 heterocycles. The van der Waals surface area contributed by atoms with Crippen LogP contribution in [0, 0.1) is 5.41 Å². The Morgan fingerprint density at radius 2 is 2.00 bits per heavy atom. The van der Waals surface area contributed by atoms with Crippen LogP contribution in [0.2, 0.25) is 0 Å². The molecular weight excluding hydrogens is 224 g/mol. The van der Waals surface area contributed by atoms with Gasteiger partial charge in [0.2, 0.25) is 0 Å². The van der Waals surface area contributed by atoms with Crippen LogP contribution in [-0.2, 0) is 19.9 Å². The maximum Gasteiger partial charge on any atom is 0.150 e. The van der Waals surface area contributed by atoms with Crippen LogP contribution in [0.25, 0.3) is 0 Å². The van der Waals surface area contributed by atoms with Crippen molar-refractivity contribution in [2.45, 2.75) is 58.3 Å². The van der Waals surface area contributed by atoms with Gasteiger partial charge in [0.25, 0.3) is 0 Å². The number of nitrogens with two attached hydrogens (primary N) is 1. The summed E-state index contributed by atoms with van der Waals surface area (Å²) in [5.74, 6) is 2.10. The van der Waals surface area contributed by atoms with Crippen LogP contribution in [0.15, 0.2) is 0 Å². The molecule has 0 spiro atoms. The van der Waals surface area contributed by atoms with Gasteiger partial charge in [-0.2, -0.15) is 5.10 Å². The van der Waals surface area contributed by atoms with Gasteiger partial charge in [0, 0.05) is 19.9 Å². The first-order valence-electron chi connectivity index (χ1n) is 7.28. The van der Waals surface area contributed by atoms with Gasteiger partial charge in [-0.1, -0.05) is 26.2 Å². The first-order valence-corrected chi connectivity index (χ1v) is 7.28. The second-order valence-electron chi connectivity index (χ2n) is 5.76. The largest absolute Gasteiger partial charge is 0.330 e. The van der Waals surface area contributed by atoms with Crippen LogP contribution < -0.4 is 5.73 Å². The third-order valence-electron chi connectivity index (χ3n) is 4.25. The number of hydrogen-bond donors (Lipinski definition) is 1. The molecule has 1 aliphatic rings. The monoisotopic (exact) mass is 250 g/mol. The van der Waals surface area contributed by atoms with Crippen LogP contribution in [0.5, 0.6) is 0 Å². The summed E-state index contributed by atoms with van der Waals surface area (Å²) in [4.78, 5) is 4.68. The van der Waals surface area contributed by atoms with E-state index in [0.29, 0.717) is 0 Å². The molecule has 1 aliphatic carbocycles. The van der Waals surface area contributed by atoms with Gasteiger partial charge >= 0.3 is 0 Å². The Morgan fingerprint density at radius 3 is 2.61 bits per heavy atom. The van der Waals surface area contributed by atoms with Crippen molar-refractivity contribution in [3.63, 3.8) is 0 Å². The Labute approximate surface area is 110 Å². The highest BCUT2D eigenvalue weighted by atomic mass is 15.3. The predicted molar refractivity (Wildman–Crippen MR) is 73.3 cm³/mol. The van der Waals surface area contributed by atoms with Gasteiger partial charge in [0.1, 0.15) is 5.82 Å². The average molecular weight is 250 g/mol. The van der Waals surface area contributed by atoms with Crippen LogP contribution in [-0.4, -0.2) is 21.3 Å². The maximum atomic E-state index is 6.04. The van der Waals surface area contributed by atoms with E-state index in [1.54, 1.807) is 0 Å². The van der Waals surface area contributed by atoms with E-state index in [1.807, 2.05) is 11.7 Å². The minimum absolute atomic E-state index is 0.280. The SMILES string of the molecule is CCCc1nc(CC2(CN)CCCCC2)n(C)n1. The van der Waals surface area contributed by atoms with Gasteiger partial charge in [-0.05, 0) is 31.2 Å². The van der Waals surface area contributed by atoms with E-state index in [2.05, 4.69) is 17.0 Å². The smallest absolute Gasteiger partial charge is 0.150 e. The predicted octanol–water partition coefficient (Wildman–Crippen LogP) is 2.22. The molecule has 2 rings (SSSR count). The molecule has 1 saturated carbocycles. The van der Waals surface area contributed by atoms with Crippen molar-refractivity contribution in [2.24, 2.45) is 18.2 Å². The number of nitrogens with zero attached hydrogens (tertiary/aromatic N) is 3. The molecule has 0 radical (unpaired) electrons. The molecule has 0 aliphatic heterocycles. The molecule has 0 aromatic carbocycles. The lowest BCUT2D eigenvalue weighted by Gasteiger charge is -2.35. The molecule has 0 unspecified atom stereocenters. The Balaban J connectivity index is 2.11. The fraction of sp³-hybridized carbons (Fsp3) is 0.857. The molecule has 4 heteroatoms. The van der Waals surface area contributed by atoms with Gasteiger partial charge in [-0.25, -0.2) is 4.98 Å². The van der Waals surface area contributed by atoms with Crippen molar-refractivity contribution in [1.82, 2.24) is 14.8 Å². The fourth-order valence-electron chi connectivity index (χ4n) is 3.05. The van der Waals surface area contributed by atoms with Crippen molar-refractivity contribution in [3.8, 4) is 0 Å². The molecule has 0 atom stereocenters. The Kier molecular flexibility index (Phi) is 4.38. The van der Waals surface area contributed by atoms with E-state index in [1.165, 1.54) is 32.1 Å². The molecule has 2 N–H and O–H groups in total. The molecule has 4 nitrogen and oxygen atoms in total. The molecular formula is C14H26N4. The van der Waals surface area contributed by atoms with Gasteiger partial charge in [0.05, 0.1) is 0 Å². The first kappa shape index (κ1) is 13.5. The molecule has 1 aromatic rings. The summed E-state index contributed by atoms with van der Waals surface area (Å²) in [6.07, 6.45) is 9.57. The second-order valence-corrected chi connectivity index (χ2v) is 5.76. The highest BCUT2D eigenvalue weighted by Gasteiger charge is 2.32. The van der Waals surface area contributed by atoms with Gasteiger partial charge in [-0.15, -0.1) is 0 Å². The lowest BCUT2D eigenvalue weighted by atomic mass is 9.72. The van der Waals surface area contributed by atoms with E-state index in [-0.39, 0.29) is 5.41 Å². The summed E-state index contributed by atoms with van der Waals surface area (Å²) < 4.78 is 1.96. The van der Waals surface area contributed by atoms with E-state index >= 15 is 0 Å².